The Morgan fingerprint density at radius 1 is 0.520 bits per heavy atom. The molecule has 0 aliphatic heterocycles. The molecule has 40 heteroatoms. The Morgan fingerprint density at radius 2 is 1.00 bits per heavy atom. The number of pyridine rings is 2. The smallest absolute Gasteiger partial charge is 0.326 e. The number of aliphatic carboxylic acids is 1. The first-order valence-corrected chi connectivity index (χ1v) is 38.0. The first-order chi connectivity index (χ1) is 50.6. The highest BCUT2D eigenvalue weighted by atomic mass is 33.1. The fourth-order valence-electron chi connectivity index (χ4n) is 5.42. The van der Waals surface area contributed by atoms with Crippen molar-refractivity contribution in [2.45, 2.75) is 139 Å². The highest BCUT2D eigenvalue weighted by Gasteiger charge is 2.21. The Bertz CT molecular complexity index is 3030. The number of carboxylic acid groups (broad SMARTS) is 1. The van der Waals surface area contributed by atoms with E-state index in [9.17, 15) is 57.5 Å². The maximum atomic E-state index is 12.0. The van der Waals surface area contributed by atoms with E-state index in [1.807, 2.05) is 6.92 Å². The van der Waals surface area contributed by atoms with Gasteiger partial charge in [0.1, 0.15) is 25.3 Å². The Balaban J connectivity index is -0.00000129. The van der Waals surface area contributed by atoms with Crippen LogP contribution >= 0.6 is 64.8 Å². The third kappa shape index (κ3) is 63.0. The van der Waals surface area contributed by atoms with E-state index in [2.05, 4.69) is 110 Å². The molecule has 1 unspecified atom stereocenters. The minimum Gasteiger partial charge on any atom is -0.480 e. The zero-order chi connectivity index (χ0) is 78.8. The van der Waals surface area contributed by atoms with Crippen molar-refractivity contribution >= 4 is 191 Å². The van der Waals surface area contributed by atoms with Crippen molar-refractivity contribution in [2.75, 3.05) is 71.5 Å². The lowest BCUT2D eigenvalue weighted by Gasteiger charge is -2.13. The molecule has 1 atom stereocenters. The summed E-state index contributed by atoms with van der Waals surface area (Å²) in [5, 5.41) is 47.6. The van der Waals surface area contributed by atoms with Gasteiger partial charge in [-0.15, -0.1) is 0 Å². The lowest BCUT2D eigenvalue weighted by atomic mass is 10.1. The van der Waals surface area contributed by atoms with Gasteiger partial charge in [-0.05, 0) is 77.6 Å². The molecule has 2 aromatic rings. The first kappa shape index (κ1) is 85.8. The lowest BCUT2D eigenvalue weighted by molar-refractivity contribution is -0.142. The van der Waals surface area contributed by atoms with Crippen LogP contribution in [0.25, 0.3) is 0 Å². The molecule has 0 saturated carbocycles. The van der Waals surface area contributed by atoms with Gasteiger partial charge in [-0.3, -0.25) is 63.6 Å². The molecule has 2 heterocycles. The summed E-state index contributed by atoms with van der Waals surface area (Å²) in [5.74, 6) is 0.525. The van der Waals surface area contributed by atoms with Crippen LogP contribution in [0.5, 0.6) is 0 Å². The fraction of sp³-hybridized carbons (Fsp3) is 0.517. The molecule has 0 fully saturated rings. The summed E-state index contributed by atoms with van der Waals surface area (Å²) in [6, 6.07) is 5.31. The number of carbonyl (C=O) groups is 12. The van der Waals surface area contributed by atoms with Gasteiger partial charge in [0.15, 0.2) is 6.26 Å². The van der Waals surface area contributed by atoms with E-state index < -0.39 is 41.9 Å². The summed E-state index contributed by atoms with van der Waals surface area (Å²) >= 11 is 0. The van der Waals surface area contributed by atoms with Crippen molar-refractivity contribution in [3.05, 3.63) is 47.8 Å². The molecule has 0 aliphatic rings. The van der Waals surface area contributed by atoms with E-state index in [4.69, 9.17) is 12.0 Å². The zero-order valence-corrected chi connectivity index (χ0v) is 61.5. The average Bonchev–Trinajstić information content (AvgIpc) is 0.905. The molecule has 0 radical (unpaired) electrons. The number of rotatable bonds is 46. The van der Waals surface area contributed by atoms with Gasteiger partial charge in [0.25, 0.3) is 17.7 Å². The van der Waals surface area contributed by atoms with Gasteiger partial charge >= 0.3 is 5.97 Å². The van der Waals surface area contributed by atoms with E-state index in [-0.39, 0.29) is 94.1 Å². The largest absolute Gasteiger partial charge is 0.480 e. The predicted octanol–water partition coefficient (Wildman–Crippen LogP) is 5.50. The summed E-state index contributed by atoms with van der Waals surface area (Å²) in [7, 11) is 8.93. The van der Waals surface area contributed by atoms with Crippen LogP contribution in [0.2, 0.25) is 0 Å². The third-order valence-corrected chi connectivity index (χ3v) is 17.1. The molecular weight excluding hydrogens is 1420 g/mol. The number of aldehydes is 1. The number of aromatic nitrogens is 2. The minimum absolute atomic E-state index is 0.00178. The Kier molecular flexibility index (Phi) is 60.4. The zero-order valence-electron chi connectivity index (χ0n) is 61.6. The second-order valence-corrected chi connectivity index (χ2v) is 26.0. The first-order valence-electron chi connectivity index (χ1n) is 33.8. The van der Waals surface area contributed by atoms with Crippen LogP contribution in [0, 0.1) is 0 Å². The average molecular weight is 1520 g/mol. The van der Waals surface area contributed by atoms with Crippen LogP contribution in [0.1, 0.15) is 160 Å². The van der Waals surface area contributed by atoms with Crippen molar-refractivity contribution in [3.8, 4) is 0 Å². The van der Waals surface area contributed by atoms with Crippen molar-refractivity contribution in [1.82, 2.24) is 63.7 Å². The molecule has 0 aliphatic carbocycles. The summed E-state index contributed by atoms with van der Waals surface area (Å²) in [5.41, 5.74) is 17.5. The number of carbonyl (C=O) groups excluding carboxylic acids is 11. The maximum absolute atomic E-state index is 12.0. The van der Waals surface area contributed by atoms with Crippen molar-refractivity contribution in [1.29, 1.82) is 0 Å². The third-order valence-electron chi connectivity index (χ3n) is 10.1. The monoisotopic (exact) mass is 1520 g/mol. The van der Waals surface area contributed by atoms with Crippen LogP contribution in [0.3, 0.4) is 0 Å². The van der Waals surface area contributed by atoms with Crippen molar-refractivity contribution in [2.24, 2.45) is 35.7 Å². The topological polar surface area (TPSA) is 482 Å². The predicted molar refractivity (Wildman–Crippen MR) is 409 cm³/mol. The maximum Gasteiger partial charge on any atom is 0.326 e. The van der Waals surface area contributed by atoms with Gasteiger partial charge < -0.3 is 31.7 Å². The molecule has 2 rings (SSSR count). The second-order valence-electron chi connectivity index (χ2n) is 18.0. The van der Waals surface area contributed by atoms with Gasteiger partial charge in [0, 0.05) is 142 Å². The molecule has 0 spiro atoms. The number of amides is 10. The molecule has 2 aromatic heterocycles. The van der Waals surface area contributed by atoms with E-state index >= 15 is 0 Å². The second kappa shape index (κ2) is 70.4. The fourth-order valence-corrected chi connectivity index (χ4v) is 11.0. The molecule has 0 bridgehead atoms. The SMILES string of the molecule is [3H]C(=O)/C=N/Nc1ccc(C(=O)NCCC)cn1.[3H]CC/C=N/Nc1ccc(C(=O)NCCSSCCC(=O)N/N=C/C)cn1.[3H]CCC(=O)N/N=C/C.[3H]CCC(=O)N/N=C/C(=O)NCCSSCC(=O)NC(CCC(=O)N/N=C/C)C(=O)O.[3H]CCCCC(=O)NCCSSCCC(=O)N/N=C/C. The number of hydrazone groups is 7. The van der Waals surface area contributed by atoms with Crippen molar-refractivity contribution < 1.29 is 69.5 Å². The van der Waals surface area contributed by atoms with Crippen LogP contribution in [-0.2, 0) is 47.9 Å². The van der Waals surface area contributed by atoms with Crippen LogP contribution < -0.4 is 64.6 Å². The van der Waals surface area contributed by atoms with Crippen LogP contribution in [0.15, 0.2) is 72.4 Å². The number of hydrogen-bond acceptors (Lipinski definition) is 29. The van der Waals surface area contributed by atoms with E-state index in [0.717, 1.165) is 49.0 Å². The summed E-state index contributed by atoms with van der Waals surface area (Å²) in [6.45, 7) is 11.6. The summed E-state index contributed by atoms with van der Waals surface area (Å²) in [4.78, 5) is 143. The van der Waals surface area contributed by atoms with Gasteiger partial charge in [0.05, 0.1) is 23.1 Å². The van der Waals surface area contributed by atoms with Crippen LogP contribution in [0.4, 0.5) is 11.6 Å². The number of hydrogen-bond donors (Lipinski definition) is 13. The number of nitrogens with zero attached hydrogens (tertiary/aromatic N) is 9. The Morgan fingerprint density at radius 3 is 1.48 bits per heavy atom. The van der Waals surface area contributed by atoms with E-state index in [1.165, 1.54) is 58.8 Å². The normalized spacial score (nSPS) is 11.6. The van der Waals surface area contributed by atoms with Crippen LogP contribution in [-0.4, -0.2) is 197 Å². The standard InChI is InChI=1S/C16H26N6O6S2.C16H24N6O2S2.C12H23N3O2S2.C11H14N4O2.C5H10N2O/c1-3-12(23)21-19-9-14(25)17-7-8-29-30-10-15(26)20-11(16(27)28)5-6-13(24)22-18-4-2;1-3-8-20-21-14-6-5-13(12-18-14)16(24)17-9-11-26-25-10-7-15(23)22-19-4-2;1-3-5-6-11(16)13-8-10-19-18-9-7-12(17)15-14-4-2;1-2-5-12-11(17)9-3-4-10(13-8-9)15-14-6-7-16;1-3-5(8)7-6-4-2/h4,9,11H,3,5-8,10H2,1-2H3,(H,17,25)(H,20,26)(H,21,23)(H,22,24)(H,27,28);4-6,8,12H,3,7,9-11H2,1-2H3,(H,17,24)(H,18,21)(H,22,23);4H,3,5-10H2,1-2H3,(H,13,16)(H,15,17);3-4,6-8H,2,5H2,1H3,(H,12,17)(H,13,15);4H,3H2,1-2H3,(H,7,8)/b18-4+,19-9+;19-4+,20-8+;14-4+;14-6+;6-4+/i3*1T;7T;1T. The summed E-state index contributed by atoms with van der Waals surface area (Å²) in [6.07, 6.45) is 15.7. The van der Waals surface area contributed by atoms with Gasteiger partial charge in [-0.25, -0.2) is 41.9 Å². The molecule has 34 nitrogen and oxygen atoms in total. The molecule has 10 amide bonds. The highest BCUT2D eigenvalue weighted by Crippen LogP contribution is 2.22. The number of carboxylic acids is 1. The number of unbranched alkanes of at least 4 members (excludes halogenated alkanes) is 1. The molecule has 0 saturated heterocycles. The molecule has 556 valence electrons. The Labute approximate surface area is 615 Å². The van der Waals surface area contributed by atoms with Crippen molar-refractivity contribution in [3.63, 3.8) is 0 Å². The highest BCUT2D eigenvalue weighted by molar-refractivity contribution is 8.77. The Hall–Kier alpha value is -8.47. The number of anilines is 2. The number of nitrogens with one attached hydrogen (secondary N) is 12. The van der Waals surface area contributed by atoms with Gasteiger partial charge in [0.2, 0.25) is 41.4 Å². The van der Waals surface area contributed by atoms with Gasteiger partial charge in [-0.1, -0.05) is 106 Å². The minimum atomic E-state index is -1.24. The van der Waals surface area contributed by atoms with E-state index in [0.29, 0.717) is 86.5 Å². The molecular formula is C60H97N21O13S6. The van der Waals surface area contributed by atoms with Gasteiger partial charge in [-0.2, -0.15) is 35.7 Å². The molecule has 100 heavy (non-hydrogen) atoms. The quantitative estimate of drug-likeness (QED) is 0.0128. The lowest BCUT2D eigenvalue weighted by Crippen LogP contribution is -2.42. The summed E-state index contributed by atoms with van der Waals surface area (Å²) < 4.78 is 34.1. The molecule has 13 N–H and O–H groups in total. The van der Waals surface area contributed by atoms with E-state index in [1.54, 1.807) is 101 Å². The molecule has 0 aromatic carbocycles.